The number of hydrogen-bond donors (Lipinski definition) is 2. The molecule has 0 aromatic heterocycles. The summed E-state index contributed by atoms with van der Waals surface area (Å²) in [5.74, 6) is -1.17. The minimum atomic E-state index is -3.76. The summed E-state index contributed by atoms with van der Waals surface area (Å²) in [6.07, 6.45) is 1.35. The van der Waals surface area contributed by atoms with Crippen LogP contribution in [0.1, 0.15) is 30.1 Å². The molecule has 1 fully saturated rings. The molecule has 116 valence electrons. The number of benzene rings is 1. The highest BCUT2D eigenvalue weighted by Crippen LogP contribution is 2.28. The minimum absolute atomic E-state index is 0.0674. The molecule has 0 amide bonds. The Bertz CT molecular complexity index is 640. The van der Waals surface area contributed by atoms with E-state index in [2.05, 4.69) is 20.7 Å². The zero-order valence-electron chi connectivity index (χ0n) is 11.4. The fourth-order valence-corrected chi connectivity index (χ4v) is 4.41. The van der Waals surface area contributed by atoms with Gasteiger partial charge in [-0.05, 0) is 53.9 Å². The van der Waals surface area contributed by atoms with E-state index in [9.17, 15) is 13.2 Å². The summed E-state index contributed by atoms with van der Waals surface area (Å²) in [4.78, 5) is 10.9. The second-order valence-electron chi connectivity index (χ2n) is 4.82. The number of carboxylic acid groups (broad SMARTS) is 1. The minimum Gasteiger partial charge on any atom is -0.478 e. The van der Waals surface area contributed by atoms with Gasteiger partial charge in [-0.2, -0.15) is 0 Å². The van der Waals surface area contributed by atoms with Crippen LogP contribution in [-0.4, -0.2) is 38.2 Å². The molecule has 1 aliphatic rings. The van der Waals surface area contributed by atoms with Crippen LogP contribution < -0.4 is 4.72 Å². The van der Waals surface area contributed by atoms with Crippen LogP contribution in [0.4, 0.5) is 0 Å². The third kappa shape index (κ3) is 3.82. The van der Waals surface area contributed by atoms with Crippen molar-refractivity contribution in [3.05, 3.63) is 28.2 Å². The Morgan fingerprint density at radius 3 is 2.71 bits per heavy atom. The first-order valence-electron chi connectivity index (χ1n) is 6.50. The number of carboxylic acids is 1. The Kier molecular flexibility index (Phi) is 5.03. The molecule has 0 aliphatic heterocycles. The Morgan fingerprint density at radius 1 is 1.48 bits per heavy atom. The first-order valence-corrected chi connectivity index (χ1v) is 8.78. The lowest BCUT2D eigenvalue weighted by Gasteiger charge is -2.35. The van der Waals surface area contributed by atoms with Crippen LogP contribution in [-0.2, 0) is 14.8 Å². The number of nitrogens with one attached hydrogen (secondary N) is 1. The van der Waals surface area contributed by atoms with Crippen LogP contribution in [0, 0.1) is 0 Å². The van der Waals surface area contributed by atoms with E-state index in [4.69, 9.17) is 9.84 Å². The first-order chi connectivity index (χ1) is 9.83. The van der Waals surface area contributed by atoms with Crippen LogP contribution in [0.5, 0.6) is 0 Å². The van der Waals surface area contributed by atoms with E-state index in [1.165, 1.54) is 12.1 Å². The average Bonchev–Trinajstić information content (AvgIpc) is 2.36. The van der Waals surface area contributed by atoms with Crippen LogP contribution in [0.2, 0.25) is 0 Å². The lowest BCUT2D eigenvalue weighted by molar-refractivity contribution is -0.00476. The van der Waals surface area contributed by atoms with E-state index in [1.54, 1.807) is 0 Å². The SMILES string of the molecule is CCOC1CC(NS(=O)(=O)c2cc(C(=O)O)ccc2Br)C1. The Balaban J connectivity index is 2.13. The zero-order chi connectivity index (χ0) is 15.6. The van der Waals surface area contributed by atoms with Gasteiger partial charge >= 0.3 is 5.97 Å². The number of sulfonamides is 1. The van der Waals surface area contributed by atoms with Gasteiger partial charge in [0.05, 0.1) is 16.6 Å². The van der Waals surface area contributed by atoms with Gasteiger partial charge in [-0.25, -0.2) is 17.9 Å². The number of ether oxygens (including phenoxy) is 1. The summed E-state index contributed by atoms with van der Waals surface area (Å²) in [6, 6.07) is 3.74. The number of rotatable bonds is 6. The summed E-state index contributed by atoms with van der Waals surface area (Å²) < 4.78 is 32.9. The number of carbonyl (C=O) groups is 1. The normalized spacial score (nSPS) is 21.8. The third-order valence-electron chi connectivity index (χ3n) is 3.29. The molecule has 1 aromatic rings. The lowest BCUT2D eigenvalue weighted by atomic mass is 9.90. The standard InChI is InChI=1S/C13H16BrNO5S/c1-2-20-10-6-9(7-10)15-21(18,19)12-5-8(13(16)17)3-4-11(12)14/h3-5,9-10,15H,2,6-7H2,1H3,(H,16,17). The maximum atomic E-state index is 12.3. The lowest BCUT2D eigenvalue weighted by Crippen LogP contribution is -2.47. The van der Waals surface area contributed by atoms with Crippen molar-refractivity contribution in [1.29, 1.82) is 0 Å². The largest absolute Gasteiger partial charge is 0.478 e. The molecular formula is C13H16BrNO5S. The molecule has 0 radical (unpaired) electrons. The van der Waals surface area contributed by atoms with E-state index in [-0.39, 0.29) is 22.6 Å². The predicted molar refractivity (Wildman–Crippen MR) is 79.9 cm³/mol. The van der Waals surface area contributed by atoms with Gasteiger partial charge in [0.1, 0.15) is 0 Å². The van der Waals surface area contributed by atoms with E-state index in [0.717, 1.165) is 6.07 Å². The fraction of sp³-hybridized carbons (Fsp3) is 0.462. The number of hydrogen-bond acceptors (Lipinski definition) is 4. The summed E-state index contributed by atoms with van der Waals surface area (Å²) >= 11 is 3.15. The maximum Gasteiger partial charge on any atom is 0.335 e. The van der Waals surface area contributed by atoms with Gasteiger partial charge in [-0.15, -0.1) is 0 Å². The second-order valence-corrected chi connectivity index (χ2v) is 7.35. The molecule has 21 heavy (non-hydrogen) atoms. The van der Waals surface area contributed by atoms with Crippen molar-refractivity contribution >= 4 is 31.9 Å². The van der Waals surface area contributed by atoms with Gasteiger partial charge in [0.15, 0.2) is 0 Å². The van der Waals surface area contributed by atoms with Crippen LogP contribution in [0.3, 0.4) is 0 Å². The fourth-order valence-electron chi connectivity index (χ4n) is 2.16. The Hall–Kier alpha value is -0.960. The molecule has 2 rings (SSSR count). The molecule has 1 aliphatic carbocycles. The topological polar surface area (TPSA) is 92.7 Å². The molecule has 2 N–H and O–H groups in total. The smallest absolute Gasteiger partial charge is 0.335 e. The molecule has 0 bridgehead atoms. The molecule has 0 saturated heterocycles. The Labute approximate surface area is 131 Å². The molecule has 1 aromatic carbocycles. The molecule has 0 heterocycles. The van der Waals surface area contributed by atoms with E-state index in [1.807, 2.05) is 6.92 Å². The summed E-state index contributed by atoms with van der Waals surface area (Å²) in [5.41, 5.74) is -0.0700. The van der Waals surface area contributed by atoms with E-state index in [0.29, 0.717) is 23.9 Å². The molecule has 0 spiro atoms. The van der Waals surface area contributed by atoms with Crippen molar-refractivity contribution in [3.8, 4) is 0 Å². The molecular weight excluding hydrogens is 362 g/mol. The van der Waals surface area contributed by atoms with Crippen molar-refractivity contribution in [2.24, 2.45) is 0 Å². The van der Waals surface area contributed by atoms with Crippen molar-refractivity contribution in [3.63, 3.8) is 0 Å². The van der Waals surface area contributed by atoms with Gasteiger partial charge in [0.2, 0.25) is 10.0 Å². The molecule has 0 unspecified atom stereocenters. The average molecular weight is 378 g/mol. The van der Waals surface area contributed by atoms with Crippen LogP contribution >= 0.6 is 15.9 Å². The summed E-state index contributed by atoms with van der Waals surface area (Å²) in [6.45, 7) is 2.50. The van der Waals surface area contributed by atoms with Gasteiger partial charge in [-0.3, -0.25) is 0 Å². The highest BCUT2D eigenvalue weighted by atomic mass is 79.9. The zero-order valence-corrected chi connectivity index (χ0v) is 13.8. The first kappa shape index (κ1) is 16.4. The van der Waals surface area contributed by atoms with Crippen molar-refractivity contribution in [2.45, 2.75) is 36.8 Å². The van der Waals surface area contributed by atoms with E-state index >= 15 is 0 Å². The van der Waals surface area contributed by atoms with Crippen LogP contribution in [0.15, 0.2) is 27.6 Å². The maximum absolute atomic E-state index is 12.3. The summed E-state index contributed by atoms with van der Waals surface area (Å²) in [7, 11) is -3.76. The molecule has 6 nitrogen and oxygen atoms in total. The van der Waals surface area contributed by atoms with Crippen molar-refractivity contribution in [1.82, 2.24) is 4.72 Å². The number of aromatic carboxylic acids is 1. The summed E-state index contributed by atoms with van der Waals surface area (Å²) in [5, 5.41) is 8.95. The van der Waals surface area contributed by atoms with Gasteiger partial charge in [-0.1, -0.05) is 0 Å². The molecule has 0 atom stereocenters. The van der Waals surface area contributed by atoms with Gasteiger partial charge in [0, 0.05) is 17.1 Å². The second kappa shape index (κ2) is 6.43. The highest BCUT2D eigenvalue weighted by Gasteiger charge is 2.33. The van der Waals surface area contributed by atoms with Crippen molar-refractivity contribution < 1.29 is 23.1 Å². The van der Waals surface area contributed by atoms with E-state index < -0.39 is 16.0 Å². The number of halogens is 1. The quantitative estimate of drug-likeness (QED) is 0.790. The van der Waals surface area contributed by atoms with Crippen molar-refractivity contribution in [2.75, 3.05) is 6.61 Å². The third-order valence-corrected chi connectivity index (χ3v) is 5.80. The Morgan fingerprint density at radius 2 is 2.14 bits per heavy atom. The monoisotopic (exact) mass is 377 g/mol. The molecule has 8 heteroatoms. The van der Waals surface area contributed by atoms with Gasteiger partial charge < -0.3 is 9.84 Å². The van der Waals surface area contributed by atoms with Gasteiger partial charge in [0.25, 0.3) is 0 Å². The predicted octanol–water partition coefficient (Wildman–Crippen LogP) is 1.99. The highest BCUT2D eigenvalue weighted by molar-refractivity contribution is 9.10. The molecule has 1 saturated carbocycles. The van der Waals surface area contributed by atoms with Crippen LogP contribution in [0.25, 0.3) is 0 Å².